The number of rotatable bonds is 0. The maximum absolute atomic E-state index is 5.57. The lowest BCUT2D eigenvalue weighted by molar-refractivity contribution is 0.0684. The Balaban J connectivity index is 2.27. The molecule has 0 unspecified atom stereocenters. The highest BCUT2D eigenvalue weighted by atomic mass is 16.5. The number of hydrogen-bond donors (Lipinski definition) is 1. The van der Waals surface area contributed by atoms with Gasteiger partial charge in [0, 0.05) is 27.2 Å². The number of hydrogen-bond acceptors (Lipinski definition) is 4. The molecule has 0 spiro atoms. The third kappa shape index (κ3) is 1.07. The topological polar surface area (TPSA) is 27.7 Å². The fourth-order valence-electron chi connectivity index (χ4n) is 1.56. The standard InChI is InChI=1S/C8H15N3O/c1-10-4-5-11(2)8-7(10)9-3-6-12-8/h9H,3-6H2,1-2H3. The van der Waals surface area contributed by atoms with E-state index in [2.05, 4.69) is 29.2 Å². The first kappa shape index (κ1) is 7.58. The van der Waals surface area contributed by atoms with Crippen molar-refractivity contribution in [3.8, 4) is 0 Å². The van der Waals surface area contributed by atoms with Crippen LogP contribution in [0.4, 0.5) is 0 Å². The van der Waals surface area contributed by atoms with Crippen LogP contribution < -0.4 is 5.32 Å². The molecule has 0 amide bonds. The van der Waals surface area contributed by atoms with Gasteiger partial charge < -0.3 is 19.9 Å². The van der Waals surface area contributed by atoms with Crippen LogP contribution in [0.5, 0.6) is 0 Å². The minimum absolute atomic E-state index is 0.775. The summed E-state index contributed by atoms with van der Waals surface area (Å²) in [6.07, 6.45) is 0. The van der Waals surface area contributed by atoms with Gasteiger partial charge in [0.15, 0.2) is 5.82 Å². The molecule has 0 fully saturated rings. The van der Waals surface area contributed by atoms with E-state index in [-0.39, 0.29) is 0 Å². The van der Waals surface area contributed by atoms with Gasteiger partial charge in [0.25, 0.3) is 0 Å². The molecule has 0 aromatic heterocycles. The predicted octanol–water partition coefficient (Wildman–Crippen LogP) is -0.390. The number of nitrogens with zero attached hydrogens (tertiary/aromatic N) is 2. The van der Waals surface area contributed by atoms with E-state index in [0.717, 1.165) is 37.9 Å². The molecule has 0 aliphatic carbocycles. The molecule has 0 saturated carbocycles. The van der Waals surface area contributed by atoms with Crippen LogP contribution in [-0.2, 0) is 4.74 Å². The second kappa shape index (κ2) is 2.77. The maximum atomic E-state index is 5.57. The Hall–Kier alpha value is -1.06. The Labute approximate surface area is 72.8 Å². The summed E-state index contributed by atoms with van der Waals surface area (Å²) in [5.41, 5.74) is 0. The molecule has 12 heavy (non-hydrogen) atoms. The van der Waals surface area contributed by atoms with E-state index in [1.54, 1.807) is 0 Å². The number of likely N-dealkylation sites (N-methyl/N-ethyl adjacent to an activating group) is 2. The number of ether oxygens (including phenoxy) is 1. The Morgan fingerprint density at radius 2 is 2.00 bits per heavy atom. The van der Waals surface area contributed by atoms with Gasteiger partial charge in [-0.3, -0.25) is 0 Å². The molecule has 0 atom stereocenters. The van der Waals surface area contributed by atoms with Crippen molar-refractivity contribution in [2.45, 2.75) is 0 Å². The zero-order valence-corrected chi connectivity index (χ0v) is 7.63. The van der Waals surface area contributed by atoms with E-state index in [1.807, 2.05) is 0 Å². The van der Waals surface area contributed by atoms with Crippen molar-refractivity contribution in [1.29, 1.82) is 0 Å². The monoisotopic (exact) mass is 169 g/mol. The van der Waals surface area contributed by atoms with Crippen molar-refractivity contribution in [2.75, 3.05) is 40.3 Å². The van der Waals surface area contributed by atoms with Crippen molar-refractivity contribution in [1.82, 2.24) is 15.1 Å². The first-order chi connectivity index (χ1) is 5.79. The van der Waals surface area contributed by atoms with Crippen molar-refractivity contribution < 1.29 is 4.74 Å². The molecule has 1 N–H and O–H groups in total. The van der Waals surface area contributed by atoms with E-state index in [9.17, 15) is 0 Å². The molecule has 2 aliphatic heterocycles. The van der Waals surface area contributed by atoms with E-state index >= 15 is 0 Å². The molecule has 2 heterocycles. The largest absolute Gasteiger partial charge is 0.475 e. The van der Waals surface area contributed by atoms with Gasteiger partial charge in [-0.15, -0.1) is 0 Å². The van der Waals surface area contributed by atoms with Crippen LogP contribution in [0.2, 0.25) is 0 Å². The third-order valence-corrected chi connectivity index (χ3v) is 2.34. The average Bonchev–Trinajstić information content (AvgIpc) is 2.12. The molecular weight excluding hydrogens is 154 g/mol. The summed E-state index contributed by atoms with van der Waals surface area (Å²) in [7, 11) is 4.15. The fraction of sp³-hybridized carbons (Fsp3) is 0.750. The van der Waals surface area contributed by atoms with Crippen LogP contribution >= 0.6 is 0 Å². The van der Waals surface area contributed by atoms with E-state index < -0.39 is 0 Å². The van der Waals surface area contributed by atoms with Crippen molar-refractivity contribution in [3.05, 3.63) is 11.7 Å². The van der Waals surface area contributed by atoms with Gasteiger partial charge >= 0.3 is 0 Å². The van der Waals surface area contributed by atoms with E-state index in [1.165, 1.54) is 0 Å². The third-order valence-electron chi connectivity index (χ3n) is 2.34. The first-order valence-corrected chi connectivity index (χ1v) is 4.32. The maximum Gasteiger partial charge on any atom is 0.231 e. The molecule has 2 aliphatic rings. The molecule has 2 rings (SSSR count). The Morgan fingerprint density at radius 1 is 1.25 bits per heavy atom. The summed E-state index contributed by atoms with van der Waals surface area (Å²) in [4.78, 5) is 4.36. The normalized spacial score (nSPS) is 23.2. The molecule has 4 heteroatoms. The minimum Gasteiger partial charge on any atom is -0.475 e. The van der Waals surface area contributed by atoms with Crippen molar-refractivity contribution in [3.63, 3.8) is 0 Å². The quantitative estimate of drug-likeness (QED) is 0.534. The Kier molecular flexibility index (Phi) is 1.75. The van der Waals surface area contributed by atoms with Gasteiger partial charge in [0.05, 0.1) is 6.54 Å². The van der Waals surface area contributed by atoms with Crippen LogP contribution in [0.1, 0.15) is 0 Å². The number of nitrogens with one attached hydrogen (secondary N) is 1. The van der Waals surface area contributed by atoms with Crippen LogP contribution in [0.15, 0.2) is 11.7 Å². The summed E-state index contributed by atoms with van der Waals surface area (Å²) in [5, 5.41) is 3.34. The van der Waals surface area contributed by atoms with Gasteiger partial charge in [0.2, 0.25) is 5.88 Å². The van der Waals surface area contributed by atoms with Crippen LogP contribution in [-0.4, -0.2) is 50.1 Å². The van der Waals surface area contributed by atoms with Crippen molar-refractivity contribution in [2.24, 2.45) is 0 Å². The molecule has 0 aromatic carbocycles. The lowest BCUT2D eigenvalue weighted by Gasteiger charge is -2.38. The molecule has 68 valence electrons. The summed E-state index contributed by atoms with van der Waals surface area (Å²) in [6, 6.07) is 0. The lowest BCUT2D eigenvalue weighted by atomic mass is 10.3. The summed E-state index contributed by atoms with van der Waals surface area (Å²) in [6.45, 7) is 3.79. The van der Waals surface area contributed by atoms with Gasteiger partial charge in [0.1, 0.15) is 6.61 Å². The molecular formula is C8H15N3O. The SMILES string of the molecule is CN1CCN(C)C2=C1NCCO2. The minimum atomic E-state index is 0.775. The molecule has 0 saturated heterocycles. The zero-order valence-electron chi connectivity index (χ0n) is 7.63. The summed E-state index contributed by atoms with van der Waals surface area (Å²) >= 11 is 0. The zero-order chi connectivity index (χ0) is 8.55. The second-order valence-electron chi connectivity index (χ2n) is 3.27. The van der Waals surface area contributed by atoms with Crippen LogP contribution in [0.3, 0.4) is 0 Å². The van der Waals surface area contributed by atoms with E-state index in [4.69, 9.17) is 4.74 Å². The lowest BCUT2D eigenvalue weighted by Crippen LogP contribution is -2.47. The van der Waals surface area contributed by atoms with Crippen LogP contribution in [0.25, 0.3) is 0 Å². The van der Waals surface area contributed by atoms with Gasteiger partial charge in [-0.2, -0.15) is 0 Å². The molecule has 0 aromatic rings. The van der Waals surface area contributed by atoms with Gasteiger partial charge in [-0.05, 0) is 0 Å². The smallest absolute Gasteiger partial charge is 0.231 e. The molecule has 4 nitrogen and oxygen atoms in total. The predicted molar refractivity (Wildman–Crippen MR) is 46.2 cm³/mol. The Bertz CT molecular complexity index is 192. The van der Waals surface area contributed by atoms with Gasteiger partial charge in [-0.1, -0.05) is 0 Å². The highest BCUT2D eigenvalue weighted by Crippen LogP contribution is 2.18. The highest BCUT2D eigenvalue weighted by Gasteiger charge is 2.24. The summed E-state index contributed by atoms with van der Waals surface area (Å²) in [5.74, 6) is 2.13. The van der Waals surface area contributed by atoms with E-state index in [0.29, 0.717) is 0 Å². The van der Waals surface area contributed by atoms with Gasteiger partial charge in [-0.25, -0.2) is 0 Å². The average molecular weight is 169 g/mol. The Morgan fingerprint density at radius 3 is 2.75 bits per heavy atom. The molecule has 0 bridgehead atoms. The summed E-state index contributed by atoms with van der Waals surface area (Å²) < 4.78 is 5.57. The van der Waals surface area contributed by atoms with Crippen molar-refractivity contribution >= 4 is 0 Å². The first-order valence-electron chi connectivity index (χ1n) is 4.32. The molecule has 0 radical (unpaired) electrons. The second-order valence-corrected chi connectivity index (χ2v) is 3.27. The fourth-order valence-corrected chi connectivity index (χ4v) is 1.56. The highest BCUT2D eigenvalue weighted by molar-refractivity contribution is 5.09. The van der Waals surface area contributed by atoms with Crippen LogP contribution in [0, 0.1) is 0 Å².